The minimum absolute atomic E-state index is 0.0302. The minimum Gasteiger partial charge on any atom is -0.323 e. The summed E-state index contributed by atoms with van der Waals surface area (Å²) in [6, 6.07) is 11.0. The molecule has 0 radical (unpaired) electrons. The Morgan fingerprint density at radius 1 is 1.13 bits per heavy atom. The largest absolute Gasteiger partial charge is 0.323 e. The molecular weight excluding hydrogens is 418 g/mol. The molecule has 2 aliphatic rings. The van der Waals surface area contributed by atoms with Crippen molar-refractivity contribution < 1.29 is 13.6 Å². The number of pyridine rings is 1. The number of rotatable bonds is 3. The quantitative estimate of drug-likeness (QED) is 0.491. The highest BCUT2D eigenvalue weighted by Gasteiger charge is 2.65. The highest BCUT2D eigenvalue weighted by Crippen LogP contribution is 2.67. The molecule has 1 unspecified atom stereocenters. The standard InChI is InChI=1S/C25H23ClF2N2O/c1-14-23(24(31)30-22-4-2-16(26)12-20(22)28)25(14)9-6-15(7-10-25)18-8-11-29-21-5-3-17(27)13-19(18)21/h2-5,8,11-15,23H,6-7,9-10H2,1H3,(H,30,31)/t14?,15?,23-,25?/m1/s1. The normalized spacial score (nSPS) is 27.4. The third-order valence-corrected chi connectivity index (χ3v) is 7.72. The SMILES string of the molecule is CC1[C@H](C(=O)Nc2ccc(Cl)cc2F)C12CCC(c1ccnc3ccc(F)cc13)CC2. The van der Waals surface area contributed by atoms with Gasteiger partial charge in [-0.05, 0) is 91.0 Å². The van der Waals surface area contributed by atoms with E-state index in [1.54, 1.807) is 24.4 Å². The number of hydrogen-bond acceptors (Lipinski definition) is 2. The van der Waals surface area contributed by atoms with Crippen molar-refractivity contribution in [1.82, 2.24) is 4.98 Å². The summed E-state index contributed by atoms with van der Waals surface area (Å²) < 4.78 is 27.9. The number of nitrogens with zero attached hydrogens (tertiary/aromatic N) is 1. The van der Waals surface area contributed by atoms with Gasteiger partial charge in [0.25, 0.3) is 0 Å². The average molecular weight is 441 g/mol. The average Bonchev–Trinajstić information content (AvgIpc) is 3.32. The summed E-state index contributed by atoms with van der Waals surface area (Å²) in [6.07, 6.45) is 5.53. The lowest BCUT2D eigenvalue weighted by Crippen LogP contribution is -2.23. The highest BCUT2D eigenvalue weighted by molar-refractivity contribution is 6.30. The van der Waals surface area contributed by atoms with Crippen LogP contribution in [0.3, 0.4) is 0 Å². The van der Waals surface area contributed by atoms with E-state index in [-0.39, 0.29) is 34.7 Å². The van der Waals surface area contributed by atoms with E-state index in [2.05, 4.69) is 17.2 Å². The number of carbonyl (C=O) groups excluding carboxylic acids is 1. The first-order chi connectivity index (χ1) is 14.9. The molecule has 3 aromatic rings. The summed E-state index contributed by atoms with van der Waals surface area (Å²) in [4.78, 5) is 17.3. The van der Waals surface area contributed by atoms with Gasteiger partial charge in [0.1, 0.15) is 11.6 Å². The maximum absolute atomic E-state index is 14.1. The van der Waals surface area contributed by atoms with Gasteiger partial charge < -0.3 is 5.32 Å². The van der Waals surface area contributed by atoms with Gasteiger partial charge >= 0.3 is 0 Å². The van der Waals surface area contributed by atoms with Crippen LogP contribution >= 0.6 is 11.6 Å². The smallest absolute Gasteiger partial charge is 0.228 e. The Morgan fingerprint density at radius 3 is 2.65 bits per heavy atom. The monoisotopic (exact) mass is 440 g/mol. The van der Waals surface area contributed by atoms with Gasteiger partial charge in [0.15, 0.2) is 0 Å². The fourth-order valence-electron chi connectivity index (χ4n) is 5.72. The molecule has 3 nitrogen and oxygen atoms in total. The third kappa shape index (κ3) is 3.49. The molecular formula is C25H23ClF2N2O. The van der Waals surface area contributed by atoms with Crippen molar-refractivity contribution in [3.63, 3.8) is 0 Å². The first-order valence-corrected chi connectivity index (χ1v) is 11.1. The zero-order chi connectivity index (χ0) is 21.8. The van der Waals surface area contributed by atoms with Gasteiger partial charge in [0.2, 0.25) is 5.91 Å². The molecule has 1 spiro atoms. The van der Waals surface area contributed by atoms with Crippen LogP contribution in [-0.4, -0.2) is 10.9 Å². The highest BCUT2D eigenvalue weighted by atomic mass is 35.5. The summed E-state index contributed by atoms with van der Waals surface area (Å²) in [5.41, 5.74) is 2.08. The number of hydrogen-bond donors (Lipinski definition) is 1. The predicted molar refractivity (Wildman–Crippen MR) is 118 cm³/mol. The van der Waals surface area contributed by atoms with E-state index in [9.17, 15) is 13.6 Å². The van der Waals surface area contributed by atoms with Crippen molar-refractivity contribution in [2.24, 2.45) is 17.3 Å². The second-order valence-corrected chi connectivity index (χ2v) is 9.39. The molecule has 2 saturated carbocycles. The molecule has 0 bridgehead atoms. The molecule has 2 atom stereocenters. The number of halogens is 3. The van der Waals surface area contributed by atoms with Crippen molar-refractivity contribution >= 4 is 34.1 Å². The van der Waals surface area contributed by atoms with E-state index in [0.717, 1.165) is 42.1 Å². The molecule has 2 aromatic carbocycles. The first-order valence-electron chi connectivity index (χ1n) is 10.7. The number of benzene rings is 2. The number of amides is 1. The van der Waals surface area contributed by atoms with E-state index in [1.165, 1.54) is 18.2 Å². The van der Waals surface area contributed by atoms with Gasteiger partial charge in [-0.15, -0.1) is 0 Å². The van der Waals surface area contributed by atoms with Crippen LogP contribution in [0.5, 0.6) is 0 Å². The Hall–Kier alpha value is -2.53. The van der Waals surface area contributed by atoms with Gasteiger partial charge in [0.05, 0.1) is 11.2 Å². The maximum Gasteiger partial charge on any atom is 0.228 e. The Balaban J connectivity index is 1.30. The van der Waals surface area contributed by atoms with Gasteiger partial charge in [-0.25, -0.2) is 8.78 Å². The summed E-state index contributed by atoms with van der Waals surface area (Å²) in [7, 11) is 0. The molecule has 6 heteroatoms. The molecule has 2 fully saturated rings. The molecule has 0 aliphatic heterocycles. The van der Waals surface area contributed by atoms with Gasteiger partial charge in [-0.3, -0.25) is 9.78 Å². The molecule has 1 aromatic heterocycles. The van der Waals surface area contributed by atoms with Crippen LogP contribution in [0.25, 0.3) is 10.9 Å². The molecule has 5 rings (SSSR count). The summed E-state index contributed by atoms with van der Waals surface area (Å²) in [5, 5.41) is 3.93. The Labute approximate surface area is 184 Å². The van der Waals surface area contributed by atoms with E-state index >= 15 is 0 Å². The lowest BCUT2D eigenvalue weighted by atomic mass is 9.74. The van der Waals surface area contributed by atoms with Gasteiger partial charge in [-0.1, -0.05) is 18.5 Å². The van der Waals surface area contributed by atoms with Crippen LogP contribution in [0.2, 0.25) is 5.02 Å². The number of fused-ring (bicyclic) bond motifs is 1. The van der Waals surface area contributed by atoms with Gasteiger partial charge in [-0.2, -0.15) is 0 Å². The van der Waals surface area contributed by atoms with Crippen LogP contribution in [0.15, 0.2) is 48.7 Å². The summed E-state index contributed by atoms with van der Waals surface area (Å²) >= 11 is 5.80. The molecule has 2 aliphatic carbocycles. The Kier molecular flexibility index (Phi) is 4.97. The van der Waals surface area contributed by atoms with Crippen molar-refractivity contribution in [3.05, 3.63) is 70.9 Å². The Morgan fingerprint density at radius 2 is 1.90 bits per heavy atom. The topological polar surface area (TPSA) is 42.0 Å². The van der Waals surface area contributed by atoms with Crippen molar-refractivity contribution in [2.45, 2.75) is 38.5 Å². The molecule has 1 N–H and O–H groups in total. The molecule has 0 saturated heterocycles. The first kappa shape index (κ1) is 20.4. The third-order valence-electron chi connectivity index (χ3n) is 7.48. The van der Waals surface area contributed by atoms with E-state index in [0.29, 0.717) is 10.9 Å². The zero-order valence-corrected chi connectivity index (χ0v) is 17.9. The van der Waals surface area contributed by atoms with Crippen LogP contribution in [0.4, 0.5) is 14.5 Å². The van der Waals surface area contributed by atoms with E-state index in [4.69, 9.17) is 11.6 Å². The molecule has 1 heterocycles. The van der Waals surface area contributed by atoms with Crippen LogP contribution < -0.4 is 5.32 Å². The lowest BCUT2D eigenvalue weighted by Gasteiger charge is -2.31. The van der Waals surface area contributed by atoms with Crippen molar-refractivity contribution in [1.29, 1.82) is 0 Å². The fourth-order valence-corrected chi connectivity index (χ4v) is 5.88. The molecule has 31 heavy (non-hydrogen) atoms. The number of aromatic nitrogens is 1. The lowest BCUT2D eigenvalue weighted by molar-refractivity contribution is -0.118. The van der Waals surface area contributed by atoms with Crippen LogP contribution in [-0.2, 0) is 4.79 Å². The predicted octanol–water partition coefficient (Wildman–Crippen LogP) is 6.72. The number of anilines is 1. The second kappa shape index (κ2) is 7.56. The summed E-state index contributed by atoms with van der Waals surface area (Å²) in [5.74, 6) is -0.433. The van der Waals surface area contributed by atoms with Crippen LogP contribution in [0, 0.1) is 28.9 Å². The number of nitrogens with one attached hydrogen (secondary N) is 1. The van der Waals surface area contributed by atoms with Gasteiger partial charge in [0, 0.05) is 22.5 Å². The summed E-state index contributed by atoms with van der Waals surface area (Å²) in [6.45, 7) is 2.11. The number of carbonyl (C=O) groups is 1. The molecule has 1 amide bonds. The zero-order valence-electron chi connectivity index (χ0n) is 17.2. The van der Waals surface area contributed by atoms with E-state index < -0.39 is 5.82 Å². The molecule has 160 valence electrons. The van der Waals surface area contributed by atoms with Crippen molar-refractivity contribution in [2.75, 3.05) is 5.32 Å². The maximum atomic E-state index is 14.1. The minimum atomic E-state index is -0.524. The van der Waals surface area contributed by atoms with Crippen molar-refractivity contribution in [3.8, 4) is 0 Å². The fraction of sp³-hybridized carbons (Fsp3) is 0.360. The van der Waals surface area contributed by atoms with E-state index in [1.807, 2.05) is 6.07 Å². The van der Waals surface area contributed by atoms with Crippen LogP contribution in [0.1, 0.15) is 44.1 Å². The second-order valence-electron chi connectivity index (χ2n) is 8.95. The Bertz CT molecular complexity index is 1170.